The van der Waals surface area contributed by atoms with E-state index in [0.717, 1.165) is 55.6 Å². The van der Waals surface area contributed by atoms with E-state index in [2.05, 4.69) is 152 Å². The molecule has 10 rings (SSSR count). The number of fused-ring (bicyclic) bond motifs is 10. The number of furan rings is 2. The van der Waals surface area contributed by atoms with E-state index in [1.54, 1.807) is 0 Å². The first-order chi connectivity index (χ1) is 23.6. The molecule has 0 saturated carbocycles. The Morgan fingerprint density at radius 3 is 1.94 bits per heavy atom. The van der Waals surface area contributed by atoms with Gasteiger partial charge in [0.15, 0.2) is 0 Å². The summed E-state index contributed by atoms with van der Waals surface area (Å²) in [7, 11) is 0. The summed E-state index contributed by atoms with van der Waals surface area (Å²) in [6, 6.07) is 53.9. The molecule has 2 aromatic heterocycles. The average molecular weight is 618 g/mol. The lowest BCUT2D eigenvalue weighted by Gasteiger charge is -2.28. The molecule has 0 unspecified atom stereocenters. The van der Waals surface area contributed by atoms with Crippen LogP contribution in [-0.2, 0) is 5.41 Å². The van der Waals surface area contributed by atoms with E-state index in [1.807, 2.05) is 18.2 Å². The van der Waals surface area contributed by atoms with E-state index in [-0.39, 0.29) is 5.41 Å². The van der Waals surface area contributed by atoms with Gasteiger partial charge >= 0.3 is 0 Å². The Morgan fingerprint density at radius 2 is 1.12 bits per heavy atom. The summed E-state index contributed by atoms with van der Waals surface area (Å²) in [5.41, 5.74) is 14.1. The smallest absolute Gasteiger partial charge is 0.140 e. The Bertz CT molecular complexity index is 2690. The van der Waals surface area contributed by atoms with Crippen LogP contribution in [0.25, 0.3) is 66.1 Å². The summed E-state index contributed by atoms with van der Waals surface area (Å²) in [4.78, 5) is 2.38. The molecule has 1 aliphatic carbocycles. The van der Waals surface area contributed by atoms with Gasteiger partial charge in [-0.1, -0.05) is 111 Å². The molecule has 0 saturated heterocycles. The molecule has 3 heteroatoms. The molecule has 0 spiro atoms. The SMILES string of the molecule is CC1(C)c2cc(N(c3ccc(-c4ccccc4)cc3)c3cccc4oc5ccccc5c34)ccc2-c2ccc3c(oc4ccccc43)c21. The second kappa shape index (κ2) is 9.97. The first-order valence-electron chi connectivity index (χ1n) is 16.5. The zero-order chi connectivity index (χ0) is 32.0. The van der Waals surface area contributed by atoms with Crippen molar-refractivity contribution in [3.05, 3.63) is 163 Å². The van der Waals surface area contributed by atoms with Crippen LogP contribution in [0.15, 0.2) is 160 Å². The molecule has 48 heavy (non-hydrogen) atoms. The van der Waals surface area contributed by atoms with E-state index in [9.17, 15) is 0 Å². The van der Waals surface area contributed by atoms with E-state index in [1.165, 1.54) is 38.8 Å². The molecule has 9 aromatic rings. The summed E-state index contributed by atoms with van der Waals surface area (Å²) in [5, 5.41) is 4.54. The Labute approximate surface area is 278 Å². The lowest BCUT2D eigenvalue weighted by molar-refractivity contribution is 0.620. The van der Waals surface area contributed by atoms with Gasteiger partial charge in [0.1, 0.15) is 22.3 Å². The average Bonchev–Trinajstić information content (AvgIpc) is 3.77. The van der Waals surface area contributed by atoms with Crippen LogP contribution in [0.5, 0.6) is 0 Å². The highest BCUT2D eigenvalue weighted by molar-refractivity contribution is 6.14. The normalized spacial score (nSPS) is 13.4. The van der Waals surface area contributed by atoms with Crippen molar-refractivity contribution in [2.75, 3.05) is 4.90 Å². The fraction of sp³-hybridized carbons (Fsp3) is 0.0667. The summed E-state index contributed by atoms with van der Waals surface area (Å²) in [6.45, 7) is 4.66. The molecule has 0 fully saturated rings. The van der Waals surface area contributed by atoms with E-state index in [0.29, 0.717) is 0 Å². The van der Waals surface area contributed by atoms with Crippen LogP contribution in [-0.4, -0.2) is 0 Å². The van der Waals surface area contributed by atoms with Gasteiger partial charge < -0.3 is 13.7 Å². The zero-order valence-corrected chi connectivity index (χ0v) is 26.7. The fourth-order valence-electron chi connectivity index (χ4n) is 7.99. The number of anilines is 3. The molecule has 0 radical (unpaired) electrons. The van der Waals surface area contributed by atoms with E-state index >= 15 is 0 Å². The number of rotatable bonds is 4. The van der Waals surface area contributed by atoms with Crippen molar-refractivity contribution >= 4 is 60.9 Å². The molecular weight excluding hydrogens is 587 g/mol. The maximum Gasteiger partial charge on any atom is 0.140 e. The minimum Gasteiger partial charge on any atom is -0.456 e. The monoisotopic (exact) mass is 617 g/mol. The lowest BCUT2D eigenvalue weighted by Crippen LogP contribution is -2.17. The number of hydrogen-bond acceptors (Lipinski definition) is 3. The van der Waals surface area contributed by atoms with Crippen molar-refractivity contribution in [1.82, 2.24) is 0 Å². The van der Waals surface area contributed by atoms with Gasteiger partial charge in [0.05, 0.1) is 11.1 Å². The van der Waals surface area contributed by atoms with Gasteiger partial charge in [-0.05, 0) is 82.4 Å². The Hall–Kier alpha value is -6.06. The lowest BCUT2D eigenvalue weighted by atomic mass is 9.81. The van der Waals surface area contributed by atoms with Crippen LogP contribution in [0.2, 0.25) is 0 Å². The summed E-state index contributed by atoms with van der Waals surface area (Å²) >= 11 is 0. The summed E-state index contributed by atoms with van der Waals surface area (Å²) < 4.78 is 13.0. The summed E-state index contributed by atoms with van der Waals surface area (Å²) in [5.74, 6) is 0. The molecule has 0 amide bonds. The van der Waals surface area contributed by atoms with Gasteiger partial charge in [0.2, 0.25) is 0 Å². The zero-order valence-electron chi connectivity index (χ0n) is 26.7. The Morgan fingerprint density at radius 1 is 0.479 bits per heavy atom. The third kappa shape index (κ3) is 3.82. The molecule has 2 heterocycles. The van der Waals surface area contributed by atoms with Gasteiger partial charge in [-0.2, -0.15) is 0 Å². The molecule has 7 aromatic carbocycles. The third-order valence-electron chi connectivity index (χ3n) is 10.3. The first kappa shape index (κ1) is 27.1. The third-order valence-corrected chi connectivity index (χ3v) is 10.3. The number of para-hydroxylation sites is 2. The van der Waals surface area contributed by atoms with Crippen molar-refractivity contribution in [1.29, 1.82) is 0 Å². The highest BCUT2D eigenvalue weighted by Gasteiger charge is 2.39. The number of hydrogen-bond donors (Lipinski definition) is 0. The van der Waals surface area contributed by atoms with Crippen LogP contribution in [0.1, 0.15) is 25.0 Å². The van der Waals surface area contributed by atoms with Crippen LogP contribution in [0, 0.1) is 0 Å². The maximum atomic E-state index is 6.59. The second-order valence-electron chi connectivity index (χ2n) is 13.3. The van der Waals surface area contributed by atoms with Crippen LogP contribution >= 0.6 is 0 Å². The van der Waals surface area contributed by atoms with Crippen molar-refractivity contribution in [3.8, 4) is 22.3 Å². The molecule has 0 atom stereocenters. The summed E-state index contributed by atoms with van der Waals surface area (Å²) in [6.07, 6.45) is 0. The van der Waals surface area contributed by atoms with Crippen molar-refractivity contribution in [2.24, 2.45) is 0 Å². The van der Waals surface area contributed by atoms with E-state index in [4.69, 9.17) is 8.83 Å². The fourth-order valence-corrected chi connectivity index (χ4v) is 7.99. The van der Waals surface area contributed by atoms with Crippen LogP contribution < -0.4 is 4.90 Å². The molecule has 0 aliphatic heterocycles. The number of nitrogens with zero attached hydrogens (tertiary/aromatic N) is 1. The topological polar surface area (TPSA) is 29.5 Å². The molecule has 0 bridgehead atoms. The molecule has 3 nitrogen and oxygen atoms in total. The molecular formula is C45H31NO2. The predicted molar refractivity (Wildman–Crippen MR) is 199 cm³/mol. The van der Waals surface area contributed by atoms with Gasteiger partial charge in [0, 0.05) is 38.5 Å². The second-order valence-corrected chi connectivity index (χ2v) is 13.3. The first-order valence-corrected chi connectivity index (χ1v) is 16.5. The largest absolute Gasteiger partial charge is 0.456 e. The van der Waals surface area contributed by atoms with Crippen LogP contribution in [0.4, 0.5) is 17.1 Å². The molecule has 1 aliphatic rings. The van der Waals surface area contributed by atoms with Crippen LogP contribution in [0.3, 0.4) is 0 Å². The van der Waals surface area contributed by atoms with Gasteiger partial charge in [0.25, 0.3) is 0 Å². The minimum atomic E-state index is -0.273. The Balaban J connectivity index is 1.19. The minimum absolute atomic E-state index is 0.273. The van der Waals surface area contributed by atoms with Gasteiger partial charge in [-0.15, -0.1) is 0 Å². The van der Waals surface area contributed by atoms with Gasteiger partial charge in [-0.3, -0.25) is 0 Å². The molecule has 0 N–H and O–H groups in total. The Kier molecular flexibility index (Phi) is 5.63. The van der Waals surface area contributed by atoms with Crippen molar-refractivity contribution < 1.29 is 8.83 Å². The maximum absolute atomic E-state index is 6.59. The standard InChI is InChI=1S/C45H31NO2/c1-45(2)37-27-31(23-24-32(37)34-25-26-35-33-13-6-8-16-39(33)48-44(35)43(34)45)46(30-21-19-29(20-22-30)28-11-4-3-5-12-28)38-15-10-18-41-42(38)36-14-7-9-17-40(36)47-41/h3-27H,1-2H3. The number of benzene rings is 7. The predicted octanol–water partition coefficient (Wildman–Crippen LogP) is 12.9. The van der Waals surface area contributed by atoms with Crippen molar-refractivity contribution in [3.63, 3.8) is 0 Å². The van der Waals surface area contributed by atoms with E-state index < -0.39 is 0 Å². The van der Waals surface area contributed by atoms with Crippen molar-refractivity contribution in [2.45, 2.75) is 19.3 Å². The highest BCUT2D eigenvalue weighted by Crippen LogP contribution is 2.54. The molecule has 228 valence electrons. The highest BCUT2D eigenvalue weighted by atomic mass is 16.3. The quantitative estimate of drug-likeness (QED) is 0.197. The van der Waals surface area contributed by atoms with Gasteiger partial charge in [-0.25, -0.2) is 0 Å².